The molecule has 2 aliphatic rings. The Bertz CT molecular complexity index is 1830. The van der Waals surface area contributed by atoms with Crippen LogP contribution in [0.2, 0.25) is 0 Å². The number of carbonyl (C=O) groups is 1. The van der Waals surface area contributed by atoms with Crippen LogP contribution in [0.1, 0.15) is 43.7 Å². The van der Waals surface area contributed by atoms with Crippen LogP contribution in [0.5, 0.6) is 5.75 Å². The second-order valence-electron chi connectivity index (χ2n) is 10.4. The van der Waals surface area contributed by atoms with Crippen molar-refractivity contribution in [2.45, 2.75) is 12.5 Å². The second-order valence-corrected chi connectivity index (χ2v) is 10.4. The van der Waals surface area contributed by atoms with Gasteiger partial charge < -0.3 is 9.47 Å². The summed E-state index contributed by atoms with van der Waals surface area (Å²) in [6.45, 7) is 1.97. The molecule has 1 aliphatic carbocycles. The van der Waals surface area contributed by atoms with Crippen LogP contribution in [-0.2, 0) is 4.74 Å². The maximum Gasteiger partial charge on any atom is 0.338 e. The van der Waals surface area contributed by atoms with Crippen LogP contribution in [0.15, 0.2) is 115 Å². The van der Waals surface area contributed by atoms with E-state index in [2.05, 4.69) is 97.1 Å². The fourth-order valence-electron chi connectivity index (χ4n) is 6.20. The van der Waals surface area contributed by atoms with E-state index in [-0.39, 0.29) is 5.97 Å². The quantitative estimate of drug-likeness (QED) is 0.218. The lowest BCUT2D eigenvalue weighted by molar-refractivity contribution is 0.0599. The highest BCUT2D eigenvalue weighted by Gasteiger charge is 2.44. The molecule has 5 aromatic rings. The summed E-state index contributed by atoms with van der Waals surface area (Å²) in [5.41, 5.74) is 7.54. The Morgan fingerprint density at radius 3 is 1.76 bits per heavy atom. The van der Waals surface area contributed by atoms with Crippen LogP contribution in [0, 0.1) is 6.92 Å². The molecule has 41 heavy (non-hydrogen) atoms. The van der Waals surface area contributed by atoms with Gasteiger partial charge in [0.05, 0.1) is 12.7 Å². The molecule has 0 saturated heterocycles. The van der Waals surface area contributed by atoms with Crippen LogP contribution >= 0.6 is 0 Å². The van der Waals surface area contributed by atoms with Crippen molar-refractivity contribution in [3.63, 3.8) is 0 Å². The van der Waals surface area contributed by atoms with Crippen molar-refractivity contribution in [2.24, 2.45) is 0 Å². The largest absolute Gasteiger partial charge is 0.472 e. The molecule has 7 rings (SSSR count). The first-order chi connectivity index (χ1) is 20.1. The number of fused-ring (bicyclic) bond motifs is 4. The van der Waals surface area contributed by atoms with Gasteiger partial charge in [-0.25, -0.2) is 4.79 Å². The standard InChI is InChI=1S/C38H28O3/c1-25-30-19-11-12-20-31(30)36-32(35(25)37(39)40-2)21-22-38(41-36)33(26-13-5-3-6-14-26)23-28-17-9-10-18-29(28)24-34(38)27-15-7-4-8-16-27/h3-24H,1-2H3. The van der Waals surface area contributed by atoms with E-state index in [0.717, 1.165) is 55.3 Å². The highest BCUT2D eigenvalue weighted by atomic mass is 16.5. The third kappa shape index (κ3) is 3.93. The van der Waals surface area contributed by atoms with Gasteiger partial charge in [-0.1, -0.05) is 109 Å². The average molecular weight is 533 g/mol. The monoisotopic (exact) mass is 532 g/mol. The van der Waals surface area contributed by atoms with Gasteiger partial charge in [0.25, 0.3) is 0 Å². The molecule has 0 aromatic heterocycles. The molecule has 3 heteroatoms. The van der Waals surface area contributed by atoms with Crippen molar-refractivity contribution < 1.29 is 14.3 Å². The Hall–Kier alpha value is -5.15. The topological polar surface area (TPSA) is 35.5 Å². The van der Waals surface area contributed by atoms with E-state index in [1.165, 1.54) is 7.11 Å². The Kier molecular flexibility index (Phi) is 5.94. The average Bonchev–Trinajstić information content (AvgIpc) is 3.17. The lowest BCUT2D eigenvalue weighted by Crippen LogP contribution is -2.38. The van der Waals surface area contributed by atoms with Gasteiger partial charge in [-0.15, -0.1) is 0 Å². The van der Waals surface area contributed by atoms with Crippen molar-refractivity contribution in [1.29, 1.82) is 0 Å². The minimum atomic E-state index is -0.986. The van der Waals surface area contributed by atoms with Gasteiger partial charge in [0.15, 0.2) is 5.60 Å². The first kappa shape index (κ1) is 24.9. The molecule has 198 valence electrons. The molecule has 0 fully saturated rings. The van der Waals surface area contributed by atoms with Crippen molar-refractivity contribution in [3.05, 3.63) is 154 Å². The lowest BCUT2D eigenvalue weighted by Gasteiger charge is -2.40. The Morgan fingerprint density at radius 1 is 0.683 bits per heavy atom. The molecule has 0 amide bonds. The van der Waals surface area contributed by atoms with Crippen molar-refractivity contribution in [1.82, 2.24) is 0 Å². The molecular weight excluding hydrogens is 504 g/mol. The molecule has 3 nitrogen and oxygen atoms in total. The molecule has 0 radical (unpaired) electrons. The number of hydrogen-bond donors (Lipinski definition) is 0. The SMILES string of the molecule is COC(=O)c1c2c(c3ccccc3c1C)OC1(C=C2)C(c2ccccc2)=Cc2ccccc2C=C1c1ccccc1. The number of esters is 1. The number of hydrogen-bond acceptors (Lipinski definition) is 3. The van der Waals surface area contributed by atoms with Gasteiger partial charge in [0.2, 0.25) is 0 Å². The summed E-state index contributed by atoms with van der Waals surface area (Å²) < 4.78 is 12.6. The maximum atomic E-state index is 13.2. The summed E-state index contributed by atoms with van der Waals surface area (Å²) in [4.78, 5) is 13.2. The Morgan fingerprint density at radius 2 is 1.20 bits per heavy atom. The van der Waals surface area contributed by atoms with Gasteiger partial charge in [0.1, 0.15) is 5.75 Å². The first-order valence-electron chi connectivity index (χ1n) is 13.8. The van der Waals surface area contributed by atoms with Crippen LogP contribution in [-0.4, -0.2) is 18.7 Å². The van der Waals surface area contributed by atoms with E-state index in [1.54, 1.807) is 0 Å². The smallest absolute Gasteiger partial charge is 0.338 e. The van der Waals surface area contributed by atoms with Crippen LogP contribution in [0.4, 0.5) is 0 Å². The molecular formula is C38H28O3. The number of rotatable bonds is 3. The summed E-state index contributed by atoms with van der Waals surface area (Å²) >= 11 is 0. The highest BCUT2D eigenvalue weighted by Crippen LogP contribution is 2.52. The van der Waals surface area contributed by atoms with Crippen molar-refractivity contribution in [2.75, 3.05) is 7.11 Å². The third-order valence-corrected chi connectivity index (χ3v) is 8.17. The minimum Gasteiger partial charge on any atom is -0.472 e. The molecule has 0 atom stereocenters. The van der Waals surface area contributed by atoms with Crippen LogP contribution < -0.4 is 4.74 Å². The Labute approximate surface area is 239 Å². The molecule has 0 unspecified atom stereocenters. The van der Waals surface area contributed by atoms with Crippen LogP contribution in [0.3, 0.4) is 0 Å². The predicted molar refractivity (Wildman–Crippen MR) is 167 cm³/mol. The summed E-state index contributed by atoms with van der Waals surface area (Å²) in [6.07, 6.45) is 8.64. The molecule has 0 N–H and O–H groups in total. The van der Waals surface area contributed by atoms with Gasteiger partial charge in [-0.2, -0.15) is 0 Å². The normalized spacial score (nSPS) is 14.8. The number of aryl methyl sites for hydroxylation is 1. The van der Waals surface area contributed by atoms with Gasteiger partial charge >= 0.3 is 5.97 Å². The third-order valence-electron chi connectivity index (χ3n) is 8.17. The zero-order valence-electron chi connectivity index (χ0n) is 22.9. The number of carbonyl (C=O) groups excluding carboxylic acids is 1. The maximum absolute atomic E-state index is 13.2. The molecule has 1 spiro atoms. The molecule has 1 aliphatic heterocycles. The van der Waals surface area contributed by atoms with Crippen LogP contribution in [0.25, 0.3) is 40.1 Å². The van der Waals surface area contributed by atoms with Gasteiger partial charge in [-0.05, 0) is 64.4 Å². The van der Waals surface area contributed by atoms with E-state index in [0.29, 0.717) is 11.3 Å². The second kappa shape index (κ2) is 9.79. The minimum absolute atomic E-state index is 0.375. The van der Waals surface area contributed by atoms with Crippen molar-refractivity contribution in [3.8, 4) is 5.75 Å². The molecule has 1 heterocycles. The fourth-order valence-corrected chi connectivity index (χ4v) is 6.20. The predicted octanol–water partition coefficient (Wildman–Crippen LogP) is 8.87. The first-order valence-corrected chi connectivity index (χ1v) is 13.8. The van der Waals surface area contributed by atoms with Gasteiger partial charge in [-0.3, -0.25) is 0 Å². The van der Waals surface area contributed by atoms with Crippen molar-refractivity contribution >= 4 is 46.1 Å². The van der Waals surface area contributed by atoms with E-state index in [1.807, 2.05) is 43.3 Å². The zero-order chi connectivity index (χ0) is 28.0. The van der Waals surface area contributed by atoms with Gasteiger partial charge in [0, 0.05) is 22.1 Å². The molecule has 5 aromatic carbocycles. The summed E-state index contributed by atoms with van der Waals surface area (Å²) in [7, 11) is 1.42. The molecule has 0 bridgehead atoms. The zero-order valence-corrected chi connectivity index (χ0v) is 22.9. The summed E-state index contributed by atoms with van der Waals surface area (Å²) in [6, 6.07) is 37.3. The lowest BCUT2D eigenvalue weighted by atomic mass is 9.76. The number of ether oxygens (including phenoxy) is 2. The number of benzene rings is 5. The van der Waals surface area contributed by atoms with E-state index < -0.39 is 5.60 Å². The van der Waals surface area contributed by atoms with E-state index in [9.17, 15) is 4.79 Å². The number of methoxy groups -OCH3 is 1. The molecule has 0 saturated carbocycles. The van der Waals surface area contributed by atoms with E-state index in [4.69, 9.17) is 9.47 Å². The highest BCUT2D eigenvalue weighted by molar-refractivity contribution is 6.11. The van der Waals surface area contributed by atoms with E-state index >= 15 is 0 Å². The Balaban J connectivity index is 1.60. The summed E-state index contributed by atoms with van der Waals surface area (Å²) in [5.74, 6) is 0.295. The fraction of sp³-hybridized carbons (Fsp3) is 0.0789. The summed E-state index contributed by atoms with van der Waals surface area (Å²) in [5, 5.41) is 1.92.